The van der Waals surface area contributed by atoms with Gasteiger partial charge in [-0.2, -0.15) is 0 Å². The Kier molecular flexibility index (Phi) is 6.07. The molecule has 0 atom stereocenters. The van der Waals surface area contributed by atoms with Gasteiger partial charge in [0.05, 0.1) is 4.99 Å². The predicted octanol–water partition coefficient (Wildman–Crippen LogP) is -0.800. The van der Waals surface area contributed by atoms with Crippen molar-refractivity contribution in [1.82, 2.24) is 14.7 Å². The number of carbonyl (C=O) groups is 3. The van der Waals surface area contributed by atoms with Crippen LogP contribution in [0, 0.1) is 0 Å². The number of hydrogen-bond acceptors (Lipinski definition) is 4. The molecule has 0 aromatic rings. The Morgan fingerprint density at radius 1 is 1.33 bits per heavy atom. The molecule has 1 fully saturated rings. The van der Waals surface area contributed by atoms with E-state index >= 15 is 0 Å². The second-order valence-electron chi connectivity index (χ2n) is 5.35. The Balaban J connectivity index is 2.56. The summed E-state index contributed by atoms with van der Waals surface area (Å²) >= 11 is 4.76. The van der Waals surface area contributed by atoms with Gasteiger partial charge < -0.3 is 20.4 Å². The van der Waals surface area contributed by atoms with E-state index in [2.05, 4.69) is 0 Å². The maximum Gasteiger partial charge on any atom is 0.312 e. The molecule has 1 aliphatic heterocycles. The highest BCUT2D eigenvalue weighted by molar-refractivity contribution is 7.80. The second kappa shape index (κ2) is 7.35. The minimum absolute atomic E-state index is 0.0208. The van der Waals surface area contributed by atoms with Gasteiger partial charge in [-0.25, -0.2) is 0 Å². The number of likely N-dealkylation sites (N-methyl/N-ethyl adjacent to an activating group) is 1. The lowest BCUT2D eigenvalue weighted by atomic mass is 10.2. The van der Waals surface area contributed by atoms with Gasteiger partial charge in [0.1, 0.15) is 6.54 Å². The lowest BCUT2D eigenvalue weighted by Crippen LogP contribution is -2.58. The summed E-state index contributed by atoms with van der Waals surface area (Å²) in [5, 5.41) is 0. The fraction of sp³-hybridized carbons (Fsp3) is 0.692. The van der Waals surface area contributed by atoms with Crippen molar-refractivity contribution in [2.75, 3.05) is 33.2 Å². The molecule has 1 aliphatic rings. The number of rotatable bonds is 6. The fourth-order valence-electron chi connectivity index (χ4n) is 2.02. The zero-order chi connectivity index (χ0) is 16.2. The standard InChI is InChI=1S/C13H22N4O3S/c1-9(2)17-7-6-16(12(19)13(17)20)8-11(18)15(3)5-4-10(14)21/h9H,4-8H2,1-3H3,(H2,14,21). The molecule has 1 rings (SSSR count). The van der Waals surface area contributed by atoms with E-state index in [1.54, 1.807) is 7.05 Å². The van der Waals surface area contributed by atoms with Crippen LogP contribution in [0.1, 0.15) is 20.3 Å². The molecular weight excluding hydrogens is 292 g/mol. The van der Waals surface area contributed by atoms with E-state index in [-0.39, 0.29) is 18.5 Å². The number of amides is 3. The summed E-state index contributed by atoms with van der Waals surface area (Å²) in [6.07, 6.45) is 0.436. The van der Waals surface area contributed by atoms with Crippen molar-refractivity contribution >= 4 is 34.9 Å². The Bertz CT molecular complexity index is 453. The number of nitrogens with zero attached hydrogens (tertiary/aromatic N) is 3. The van der Waals surface area contributed by atoms with Crippen molar-refractivity contribution < 1.29 is 14.4 Å². The van der Waals surface area contributed by atoms with E-state index in [9.17, 15) is 14.4 Å². The smallest absolute Gasteiger partial charge is 0.312 e. The topological polar surface area (TPSA) is 86.9 Å². The summed E-state index contributed by atoms with van der Waals surface area (Å²) < 4.78 is 0. The largest absolute Gasteiger partial charge is 0.393 e. The van der Waals surface area contributed by atoms with Crippen LogP contribution in [0.15, 0.2) is 0 Å². The first-order valence-electron chi connectivity index (χ1n) is 6.86. The number of carbonyl (C=O) groups excluding carboxylic acids is 3. The Morgan fingerprint density at radius 2 is 1.95 bits per heavy atom. The molecule has 0 unspecified atom stereocenters. The van der Waals surface area contributed by atoms with Crippen molar-refractivity contribution in [3.05, 3.63) is 0 Å². The summed E-state index contributed by atoms with van der Waals surface area (Å²) in [6.45, 7) is 4.85. The molecule has 2 N–H and O–H groups in total. The van der Waals surface area contributed by atoms with Crippen molar-refractivity contribution in [1.29, 1.82) is 0 Å². The van der Waals surface area contributed by atoms with Crippen LogP contribution in [0.25, 0.3) is 0 Å². The van der Waals surface area contributed by atoms with Gasteiger partial charge in [-0.3, -0.25) is 14.4 Å². The summed E-state index contributed by atoms with van der Waals surface area (Å²) in [6, 6.07) is -0.0208. The fourth-order valence-corrected chi connectivity index (χ4v) is 2.11. The maximum absolute atomic E-state index is 12.0. The SMILES string of the molecule is CC(C)N1CCN(CC(=O)N(C)CCC(N)=S)C(=O)C1=O. The molecular formula is C13H22N4O3S. The van der Waals surface area contributed by atoms with Crippen molar-refractivity contribution in [2.24, 2.45) is 5.73 Å². The van der Waals surface area contributed by atoms with E-state index in [0.29, 0.717) is 31.0 Å². The first-order valence-corrected chi connectivity index (χ1v) is 7.27. The number of nitrogens with two attached hydrogens (primary N) is 1. The molecule has 0 saturated carbocycles. The zero-order valence-electron chi connectivity index (χ0n) is 12.7. The maximum atomic E-state index is 12.0. The molecule has 3 amide bonds. The van der Waals surface area contributed by atoms with Gasteiger partial charge in [-0.15, -0.1) is 0 Å². The number of thiocarbonyl (C=S) groups is 1. The minimum atomic E-state index is -0.619. The Hall–Kier alpha value is -1.70. The highest BCUT2D eigenvalue weighted by Gasteiger charge is 2.34. The number of hydrogen-bond donors (Lipinski definition) is 1. The van der Waals surface area contributed by atoms with E-state index in [4.69, 9.17) is 18.0 Å². The van der Waals surface area contributed by atoms with Crippen LogP contribution in [0.2, 0.25) is 0 Å². The molecule has 0 aromatic heterocycles. The third kappa shape index (κ3) is 4.66. The molecule has 118 valence electrons. The molecule has 0 aromatic carbocycles. The van der Waals surface area contributed by atoms with E-state index < -0.39 is 11.8 Å². The summed E-state index contributed by atoms with van der Waals surface area (Å²) in [7, 11) is 1.62. The second-order valence-corrected chi connectivity index (χ2v) is 5.87. The van der Waals surface area contributed by atoms with Gasteiger partial charge in [0, 0.05) is 39.1 Å². The normalized spacial score (nSPS) is 15.6. The molecule has 7 nitrogen and oxygen atoms in total. The molecule has 0 radical (unpaired) electrons. The van der Waals surface area contributed by atoms with Gasteiger partial charge in [0.2, 0.25) is 5.91 Å². The first-order chi connectivity index (χ1) is 9.73. The minimum Gasteiger partial charge on any atom is -0.393 e. The van der Waals surface area contributed by atoms with Gasteiger partial charge >= 0.3 is 11.8 Å². The zero-order valence-corrected chi connectivity index (χ0v) is 13.5. The molecule has 1 saturated heterocycles. The van der Waals surface area contributed by atoms with Crippen molar-refractivity contribution in [3.8, 4) is 0 Å². The number of piperazine rings is 1. The lowest BCUT2D eigenvalue weighted by Gasteiger charge is -2.36. The first kappa shape index (κ1) is 17.4. The summed E-state index contributed by atoms with van der Waals surface area (Å²) in [4.78, 5) is 40.5. The van der Waals surface area contributed by atoms with E-state index in [1.165, 1.54) is 14.7 Å². The Morgan fingerprint density at radius 3 is 2.48 bits per heavy atom. The highest BCUT2D eigenvalue weighted by atomic mass is 32.1. The van der Waals surface area contributed by atoms with Crippen molar-refractivity contribution in [3.63, 3.8) is 0 Å². The van der Waals surface area contributed by atoms with Crippen LogP contribution in [0.5, 0.6) is 0 Å². The lowest BCUT2D eigenvalue weighted by molar-refractivity contribution is -0.158. The average Bonchev–Trinajstić information content (AvgIpc) is 2.40. The van der Waals surface area contributed by atoms with E-state index in [0.717, 1.165) is 0 Å². The van der Waals surface area contributed by atoms with Crippen LogP contribution < -0.4 is 5.73 Å². The van der Waals surface area contributed by atoms with Gasteiger partial charge in [0.25, 0.3) is 0 Å². The van der Waals surface area contributed by atoms with Crippen LogP contribution in [-0.4, -0.2) is 76.7 Å². The van der Waals surface area contributed by atoms with Gasteiger partial charge in [-0.05, 0) is 13.8 Å². The molecule has 0 bridgehead atoms. The van der Waals surface area contributed by atoms with Crippen LogP contribution >= 0.6 is 12.2 Å². The van der Waals surface area contributed by atoms with Crippen LogP contribution in [0.3, 0.4) is 0 Å². The quantitative estimate of drug-likeness (QED) is 0.512. The molecule has 21 heavy (non-hydrogen) atoms. The van der Waals surface area contributed by atoms with Crippen molar-refractivity contribution in [2.45, 2.75) is 26.3 Å². The van der Waals surface area contributed by atoms with Crippen LogP contribution in [-0.2, 0) is 14.4 Å². The van der Waals surface area contributed by atoms with E-state index in [1.807, 2.05) is 13.8 Å². The van der Waals surface area contributed by atoms with Gasteiger partial charge in [0.15, 0.2) is 0 Å². The predicted molar refractivity (Wildman–Crippen MR) is 82.5 cm³/mol. The molecule has 1 heterocycles. The molecule has 8 heteroatoms. The third-order valence-corrected chi connectivity index (χ3v) is 3.61. The molecule has 0 aliphatic carbocycles. The molecule has 0 spiro atoms. The van der Waals surface area contributed by atoms with Crippen LogP contribution in [0.4, 0.5) is 0 Å². The van der Waals surface area contributed by atoms with Gasteiger partial charge in [-0.1, -0.05) is 12.2 Å². The summed E-state index contributed by atoms with van der Waals surface area (Å²) in [5.41, 5.74) is 5.39. The third-order valence-electron chi connectivity index (χ3n) is 3.41. The monoisotopic (exact) mass is 314 g/mol. The Labute approximate surface area is 130 Å². The summed E-state index contributed by atoms with van der Waals surface area (Å²) in [5.74, 6) is -1.40. The average molecular weight is 314 g/mol. The highest BCUT2D eigenvalue weighted by Crippen LogP contribution is 2.09.